The van der Waals surface area contributed by atoms with Crippen LogP contribution in [0.3, 0.4) is 0 Å². The van der Waals surface area contributed by atoms with Gasteiger partial charge in [0.1, 0.15) is 12.6 Å². The van der Waals surface area contributed by atoms with Gasteiger partial charge < -0.3 is 19.7 Å². The van der Waals surface area contributed by atoms with Crippen LogP contribution in [0.2, 0.25) is 5.02 Å². The van der Waals surface area contributed by atoms with E-state index < -0.39 is 28.5 Å². The number of carbonyl (C=O) groups is 2. The third kappa shape index (κ3) is 8.04. The van der Waals surface area contributed by atoms with E-state index in [1.54, 1.807) is 24.3 Å². The molecule has 11 heteroatoms. The second-order valence-electron chi connectivity index (χ2n) is 10.8. The third-order valence-electron chi connectivity index (χ3n) is 7.87. The van der Waals surface area contributed by atoms with Crippen molar-refractivity contribution < 1.29 is 27.5 Å². The van der Waals surface area contributed by atoms with Gasteiger partial charge in [-0.1, -0.05) is 68.1 Å². The molecule has 1 atom stereocenters. The zero-order valence-electron chi connectivity index (χ0n) is 25.4. The Balaban J connectivity index is 1.72. The van der Waals surface area contributed by atoms with Crippen LogP contribution in [0.25, 0.3) is 0 Å². The average molecular weight is 642 g/mol. The Morgan fingerprint density at radius 2 is 1.59 bits per heavy atom. The van der Waals surface area contributed by atoms with Crippen molar-refractivity contribution in [1.82, 2.24) is 10.2 Å². The molecule has 1 N–H and O–H groups in total. The Labute approximate surface area is 265 Å². The number of sulfonamides is 1. The van der Waals surface area contributed by atoms with Crippen LogP contribution in [0, 0.1) is 0 Å². The van der Waals surface area contributed by atoms with Gasteiger partial charge in [-0.25, -0.2) is 8.42 Å². The number of methoxy groups -OCH3 is 2. The molecule has 44 heavy (non-hydrogen) atoms. The Bertz CT molecular complexity index is 1510. The summed E-state index contributed by atoms with van der Waals surface area (Å²) in [7, 11) is -1.42. The number of anilines is 1. The molecule has 0 bridgehead atoms. The predicted octanol–water partition coefficient (Wildman–Crippen LogP) is 5.81. The molecule has 1 fully saturated rings. The predicted molar refractivity (Wildman–Crippen MR) is 172 cm³/mol. The molecule has 2 amide bonds. The first-order chi connectivity index (χ1) is 21.2. The van der Waals surface area contributed by atoms with E-state index in [2.05, 4.69) is 5.32 Å². The number of hydrogen-bond acceptors (Lipinski definition) is 6. The standard InChI is InChI=1S/C33H40ClN3O6S/c1-4-29(33(39)35-26-13-9-6-10-14-26)36(22-24-11-7-5-8-12-24)32(38)23-37(27-17-15-25(34)16-18-27)44(40,41)28-19-20-30(42-2)31(21-28)43-3/h5,7-8,11-12,15-21,26,29H,4,6,9-10,13-14,22-23H2,1-3H3,(H,35,39)/t29-/m0/s1. The molecule has 0 spiro atoms. The van der Waals surface area contributed by atoms with E-state index in [1.165, 1.54) is 37.3 Å². The number of rotatable bonds is 13. The maximum absolute atomic E-state index is 14.3. The molecule has 3 aromatic rings. The van der Waals surface area contributed by atoms with Crippen LogP contribution in [0.1, 0.15) is 51.0 Å². The zero-order chi connectivity index (χ0) is 31.7. The first kappa shape index (κ1) is 33.1. The van der Waals surface area contributed by atoms with Crippen LogP contribution in [-0.4, -0.2) is 58.0 Å². The van der Waals surface area contributed by atoms with Gasteiger partial charge in [0.05, 0.1) is 24.8 Å². The number of hydrogen-bond donors (Lipinski definition) is 1. The molecular formula is C33H40ClN3O6S. The molecule has 0 saturated heterocycles. The van der Waals surface area contributed by atoms with Crippen molar-refractivity contribution in [3.05, 3.63) is 83.4 Å². The number of amides is 2. The zero-order valence-corrected chi connectivity index (χ0v) is 26.9. The van der Waals surface area contributed by atoms with Gasteiger partial charge in [-0.3, -0.25) is 13.9 Å². The summed E-state index contributed by atoms with van der Waals surface area (Å²) in [6.45, 7) is 1.45. The molecule has 0 heterocycles. The van der Waals surface area contributed by atoms with Crippen LogP contribution < -0.4 is 19.1 Å². The maximum atomic E-state index is 14.3. The quantitative estimate of drug-likeness (QED) is 0.253. The van der Waals surface area contributed by atoms with Gasteiger partial charge in [0.25, 0.3) is 10.0 Å². The summed E-state index contributed by atoms with van der Waals surface area (Å²) in [5.41, 5.74) is 1.07. The summed E-state index contributed by atoms with van der Waals surface area (Å²) in [6, 6.07) is 19.1. The fraction of sp³-hybridized carbons (Fsp3) is 0.394. The van der Waals surface area contributed by atoms with Crippen LogP contribution in [0.15, 0.2) is 77.7 Å². The van der Waals surface area contributed by atoms with Crippen molar-refractivity contribution >= 4 is 39.1 Å². The summed E-state index contributed by atoms with van der Waals surface area (Å²) in [5.74, 6) is -0.153. The molecule has 0 unspecified atom stereocenters. The second-order valence-corrected chi connectivity index (χ2v) is 13.1. The van der Waals surface area contributed by atoms with Crippen LogP contribution in [0.5, 0.6) is 11.5 Å². The lowest BCUT2D eigenvalue weighted by atomic mass is 9.95. The summed E-state index contributed by atoms with van der Waals surface area (Å²) in [5, 5.41) is 3.57. The van der Waals surface area contributed by atoms with Gasteiger partial charge in [-0.15, -0.1) is 0 Å². The minimum absolute atomic E-state index is 0.0648. The first-order valence-corrected chi connectivity index (χ1v) is 16.6. The molecule has 9 nitrogen and oxygen atoms in total. The molecule has 0 aromatic heterocycles. The molecule has 0 radical (unpaired) electrons. The molecular weight excluding hydrogens is 602 g/mol. The minimum atomic E-state index is -4.29. The van der Waals surface area contributed by atoms with E-state index in [0.717, 1.165) is 42.0 Å². The van der Waals surface area contributed by atoms with E-state index in [1.807, 2.05) is 37.3 Å². The third-order valence-corrected chi connectivity index (χ3v) is 9.89. The highest BCUT2D eigenvalue weighted by molar-refractivity contribution is 7.92. The van der Waals surface area contributed by atoms with Gasteiger partial charge in [0.2, 0.25) is 11.8 Å². The van der Waals surface area contributed by atoms with Crippen molar-refractivity contribution in [2.75, 3.05) is 25.1 Å². The van der Waals surface area contributed by atoms with Crippen LogP contribution >= 0.6 is 11.6 Å². The lowest BCUT2D eigenvalue weighted by molar-refractivity contribution is -0.140. The van der Waals surface area contributed by atoms with Gasteiger partial charge in [-0.2, -0.15) is 0 Å². The second kappa shape index (κ2) is 15.3. The Kier molecular flexibility index (Phi) is 11.5. The van der Waals surface area contributed by atoms with E-state index in [4.69, 9.17) is 21.1 Å². The first-order valence-electron chi connectivity index (χ1n) is 14.8. The Morgan fingerprint density at radius 3 is 2.20 bits per heavy atom. The number of nitrogens with zero attached hydrogens (tertiary/aromatic N) is 2. The highest BCUT2D eigenvalue weighted by Crippen LogP contribution is 2.33. The Morgan fingerprint density at radius 1 is 0.932 bits per heavy atom. The van der Waals surface area contributed by atoms with Crippen molar-refractivity contribution in [3.8, 4) is 11.5 Å². The van der Waals surface area contributed by atoms with Gasteiger partial charge in [0, 0.05) is 23.7 Å². The van der Waals surface area contributed by atoms with Crippen LogP contribution in [-0.2, 0) is 26.2 Å². The topological polar surface area (TPSA) is 105 Å². The van der Waals surface area contributed by atoms with Gasteiger partial charge in [0.15, 0.2) is 11.5 Å². The van der Waals surface area contributed by atoms with Gasteiger partial charge in [-0.05, 0) is 61.2 Å². The fourth-order valence-corrected chi connectivity index (χ4v) is 7.04. The number of nitrogens with one attached hydrogen (secondary N) is 1. The van der Waals surface area contributed by atoms with E-state index in [9.17, 15) is 18.0 Å². The SMILES string of the molecule is CC[C@@H](C(=O)NC1CCCCC1)N(Cc1ccccc1)C(=O)CN(c1ccc(Cl)cc1)S(=O)(=O)c1ccc(OC)c(OC)c1. The summed E-state index contributed by atoms with van der Waals surface area (Å²) in [6.07, 6.45) is 5.43. The summed E-state index contributed by atoms with van der Waals surface area (Å²) >= 11 is 6.12. The van der Waals surface area contributed by atoms with Crippen molar-refractivity contribution in [2.24, 2.45) is 0 Å². The van der Waals surface area contributed by atoms with E-state index >= 15 is 0 Å². The molecule has 1 aliphatic rings. The highest BCUT2D eigenvalue weighted by Gasteiger charge is 2.34. The monoisotopic (exact) mass is 641 g/mol. The smallest absolute Gasteiger partial charge is 0.264 e. The van der Waals surface area contributed by atoms with E-state index in [0.29, 0.717) is 17.2 Å². The van der Waals surface area contributed by atoms with Crippen molar-refractivity contribution in [1.29, 1.82) is 0 Å². The number of halogens is 1. The average Bonchev–Trinajstić information content (AvgIpc) is 3.04. The molecule has 1 saturated carbocycles. The van der Waals surface area contributed by atoms with Crippen LogP contribution in [0.4, 0.5) is 5.69 Å². The Hall–Kier alpha value is -3.76. The lowest BCUT2D eigenvalue weighted by Crippen LogP contribution is -2.54. The summed E-state index contributed by atoms with van der Waals surface area (Å²) < 4.78 is 40.0. The maximum Gasteiger partial charge on any atom is 0.264 e. The summed E-state index contributed by atoms with van der Waals surface area (Å²) in [4.78, 5) is 29.3. The number of carbonyl (C=O) groups excluding carboxylic acids is 2. The normalized spacial score (nSPS) is 14.4. The minimum Gasteiger partial charge on any atom is -0.493 e. The number of ether oxygens (including phenoxy) is 2. The lowest BCUT2D eigenvalue weighted by Gasteiger charge is -2.34. The van der Waals surface area contributed by atoms with E-state index in [-0.39, 0.29) is 34.8 Å². The van der Waals surface area contributed by atoms with Crippen molar-refractivity contribution in [3.63, 3.8) is 0 Å². The fourth-order valence-electron chi connectivity index (χ4n) is 5.48. The highest BCUT2D eigenvalue weighted by atomic mass is 35.5. The molecule has 0 aliphatic heterocycles. The van der Waals surface area contributed by atoms with Gasteiger partial charge >= 0.3 is 0 Å². The molecule has 3 aromatic carbocycles. The van der Waals surface area contributed by atoms with Crippen molar-refractivity contribution in [2.45, 2.75) is 69.0 Å². The molecule has 1 aliphatic carbocycles. The number of benzene rings is 3. The molecule has 4 rings (SSSR count). The molecule has 236 valence electrons. The largest absolute Gasteiger partial charge is 0.493 e.